The van der Waals surface area contributed by atoms with Gasteiger partial charge in [0.05, 0.1) is 39.7 Å². The number of hydrogen-bond donors (Lipinski definition) is 1. The molecule has 1 atom stereocenters. The molecule has 7 nitrogen and oxygen atoms in total. The van der Waals surface area contributed by atoms with Gasteiger partial charge in [-0.2, -0.15) is 0 Å². The number of ether oxygens (including phenoxy) is 3. The summed E-state index contributed by atoms with van der Waals surface area (Å²) in [5, 5.41) is 12.2. The average Bonchev–Trinajstić information content (AvgIpc) is 3.73. The van der Waals surface area contributed by atoms with Crippen LogP contribution in [0, 0.1) is 0 Å². The van der Waals surface area contributed by atoms with Crippen LogP contribution in [0.15, 0.2) is 87.9 Å². The monoisotopic (exact) mass is 503 g/mol. The minimum absolute atomic E-state index is 0.194. The molecule has 1 unspecified atom stereocenters. The van der Waals surface area contributed by atoms with Gasteiger partial charge in [-0.15, -0.1) is 0 Å². The van der Waals surface area contributed by atoms with Crippen molar-refractivity contribution in [2.75, 3.05) is 27.4 Å². The Morgan fingerprint density at radius 1 is 0.865 bits per heavy atom. The van der Waals surface area contributed by atoms with E-state index in [2.05, 4.69) is 4.90 Å². The van der Waals surface area contributed by atoms with Crippen molar-refractivity contribution in [3.8, 4) is 11.5 Å². The van der Waals surface area contributed by atoms with E-state index in [4.69, 9.17) is 23.0 Å². The van der Waals surface area contributed by atoms with Crippen LogP contribution in [-0.4, -0.2) is 43.5 Å². The Bertz CT molecular complexity index is 1190. The van der Waals surface area contributed by atoms with Gasteiger partial charge in [-0.1, -0.05) is 24.3 Å². The summed E-state index contributed by atoms with van der Waals surface area (Å²) in [6.45, 7) is 2.78. The van der Waals surface area contributed by atoms with Crippen LogP contribution < -0.4 is 9.47 Å². The van der Waals surface area contributed by atoms with Crippen LogP contribution in [0.4, 0.5) is 0 Å². The molecule has 5 rings (SSSR count). The van der Waals surface area contributed by atoms with Crippen molar-refractivity contribution < 1.29 is 28.2 Å². The smallest absolute Gasteiger partial charge is 0.173 e. The summed E-state index contributed by atoms with van der Waals surface area (Å²) >= 11 is 0. The molecular formula is C30H33NO6. The van der Waals surface area contributed by atoms with E-state index in [9.17, 15) is 5.11 Å². The highest BCUT2D eigenvalue weighted by molar-refractivity contribution is 5.46. The Balaban J connectivity index is 1.45. The lowest BCUT2D eigenvalue weighted by atomic mass is 9.84. The fourth-order valence-corrected chi connectivity index (χ4v) is 4.88. The summed E-state index contributed by atoms with van der Waals surface area (Å²) < 4.78 is 28.5. The second kappa shape index (κ2) is 11.3. The molecule has 0 aliphatic carbocycles. The molecular weight excluding hydrogens is 470 g/mol. The summed E-state index contributed by atoms with van der Waals surface area (Å²) in [7, 11) is 3.24. The van der Waals surface area contributed by atoms with Crippen molar-refractivity contribution in [2.24, 2.45) is 0 Å². The van der Waals surface area contributed by atoms with Crippen LogP contribution >= 0.6 is 0 Å². The highest BCUT2D eigenvalue weighted by atomic mass is 16.5. The van der Waals surface area contributed by atoms with Crippen LogP contribution in [0.5, 0.6) is 11.5 Å². The van der Waals surface area contributed by atoms with Crippen LogP contribution in [0.1, 0.15) is 41.2 Å². The molecule has 0 bridgehead atoms. The van der Waals surface area contributed by atoms with E-state index in [1.165, 1.54) is 0 Å². The molecule has 1 saturated heterocycles. The topological polar surface area (TPSA) is 77.4 Å². The first-order chi connectivity index (χ1) is 18.1. The zero-order chi connectivity index (χ0) is 25.7. The predicted molar refractivity (Wildman–Crippen MR) is 139 cm³/mol. The molecule has 2 aromatic heterocycles. The number of nitrogens with zero attached hydrogens (tertiary/aromatic N) is 1. The molecule has 0 radical (unpaired) electrons. The van der Waals surface area contributed by atoms with Gasteiger partial charge in [0.1, 0.15) is 28.8 Å². The first-order valence-electron chi connectivity index (χ1n) is 12.6. The van der Waals surface area contributed by atoms with Gasteiger partial charge in [-0.3, -0.25) is 4.90 Å². The van der Waals surface area contributed by atoms with E-state index in [0.29, 0.717) is 41.5 Å². The number of rotatable bonds is 11. The fraction of sp³-hybridized carbons (Fsp3) is 0.333. The molecule has 1 aliphatic heterocycles. The number of furan rings is 2. The molecule has 4 aromatic rings. The zero-order valence-corrected chi connectivity index (χ0v) is 21.3. The minimum atomic E-state index is -1.50. The largest absolute Gasteiger partial charge is 0.497 e. The Hall–Kier alpha value is -3.52. The molecule has 0 spiro atoms. The van der Waals surface area contributed by atoms with E-state index in [-0.39, 0.29) is 6.10 Å². The van der Waals surface area contributed by atoms with Gasteiger partial charge in [0.15, 0.2) is 5.60 Å². The van der Waals surface area contributed by atoms with Gasteiger partial charge >= 0.3 is 0 Å². The van der Waals surface area contributed by atoms with Crippen molar-refractivity contribution in [3.05, 3.63) is 107 Å². The molecule has 1 N–H and O–H groups in total. The normalized spacial score (nSPS) is 15.8. The number of benzene rings is 2. The molecule has 2 aromatic carbocycles. The van der Waals surface area contributed by atoms with E-state index in [0.717, 1.165) is 37.5 Å². The predicted octanol–water partition coefficient (Wildman–Crippen LogP) is 5.36. The standard InChI is InChI=1S/C30H33NO6/c1-33-24-11-7-22(8-12-24)30(32,23-9-13-25(34-2)14-10-23)29-16-15-28(37-29)21-31(19-26-5-3-17-35-26)20-27-6-4-18-36-27/h3,5,7-17,27,32H,4,6,18-21H2,1-2H3. The molecule has 37 heavy (non-hydrogen) atoms. The maximum absolute atomic E-state index is 12.2. The highest BCUT2D eigenvalue weighted by Gasteiger charge is 2.37. The lowest BCUT2D eigenvalue weighted by molar-refractivity contribution is 0.0606. The van der Waals surface area contributed by atoms with Crippen LogP contribution in [0.3, 0.4) is 0 Å². The molecule has 0 saturated carbocycles. The first-order valence-corrected chi connectivity index (χ1v) is 12.6. The van der Waals surface area contributed by atoms with Crippen molar-refractivity contribution in [2.45, 2.75) is 37.6 Å². The van der Waals surface area contributed by atoms with E-state index >= 15 is 0 Å². The third-order valence-electron chi connectivity index (χ3n) is 6.86. The Morgan fingerprint density at radius 3 is 2.05 bits per heavy atom. The van der Waals surface area contributed by atoms with Crippen molar-refractivity contribution in [3.63, 3.8) is 0 Å². The lowest BCUT2D eigenvalue weighted by Crippen LogP contribution is -2.31. The maximum atomic E-state index is 12.2. The second-order valence-electron chi connectivity index (χ2n) is 9.32. The molecule has 1 aliphatic rings. The second-order valence-corrected chi connectivity index (χ2v) is 9.32. The summed E-state index contributed by atoms with van der Waals surface area (Å²) in [5.41, 5.74) is -0.158. The molecule has 7 heteroatoms. The lowest BCUT2D eigenvalue weighted by Gasteiger charge is -2.28. The Labute approximate surface area is 217 Å². The highest BCUT2D eigenvalue weighted by Crippen LogP contribution is 2.39. The van der Waals surface area contributed by atoms with Gasteiger partial charge in [-0.05, 0) is 72.5 Å². The Kier molecular flexibility index (Phi) is 7.65. The van der Waals surface area contributed by atoms with Crippen LogP contribution in [-0.2, 0) is 23.4 Å². The maximum Gasteiger partial charge on any atom is 0.173 e. The Morgan fingerprint density at radius 2 is 1.51 bits per heavy atom. The van der Waals surface area contributed by atoms with Gasteiger partial charge in [0.2, 0.25) is 0 Å². The van der Waals surface area contributed by atoms with Gasteiger partial charge in [-0.25, -0.2) is 0 Å². The van der Waals surface area contributed by atoms with Gasteiger partial charge < -0.3 is 28.2 Å². The molecule has 0 amide bonds. The first kappa shape index (κ1) is 25.1. The summed E-state index contributed by atoms with van der Waals surface area (Å²) in [5.74, 6) is 3.50. The quantitative estimate of drug-likeness (QED) is 0.295. The molecule has 194 valence electrons. The van der Waals surface area contributed by atoms with E-state index in [1.807, 2.05) is 72.8 Å². The van der Waals surface area contributed by atoms with E-state index in [1.54, 1.807) is 20.5 Å². The summed E-state index contributed by atoms with van der Waals surface area (Å²) in [6, 6.07) is 22.4. The van der Waals surface area contributed by atoms with Crippen molar-refractivity contribution >= 4 is 0 Å². The number of methoxy groups -OCH3 is 2. The molecule has 3 heterocycles. The fourth-order valence-electron chi connectivity index (χ4n) is 4.88. The van der Waals surface area contributed by atoms with Crippen LogP contribution in [0.2, 0.25) is 0 Å². The SMILES string of the molecule is COc1ccc(C(O)(c2ccc(OC)cc2)c2ccc(CN(Cc3ccco3)CC3CCCO3)o2)cc1. The van der Waals surface area contributed by atoms with Gasteiger partial charge in [0.25, 0.3) is 0 Å². The minimum Gasteiger partial charge on any atom is -0.497 e. The average molecular weight is 504 g/mol. The third-order valence-corrected chi connectivity index (χ3v) is 6.86. The number of hydrogen-bond acceptors (Lipinski definition) is 7. The zero-order valence-electron chi connectivity index (χ0n) is 21.3. The number of aliphatic hydroxyl groups is 1. The van der Waals surface area contributed by atoms with Crippen molar-refractivity contribution in [1.82, 2.24) is 4.90 Å². The molecule has 1 fully saturated rings. The van der Waals surface area contributed by atoms with Crippen LogP contribution in [0.25, 0.3) is 0 Å². The third kappa shape index (κ3) is 5.59. The van der Waals surface area contributed by atoms with Crippen molar-refractivity contribution in [1.29, 1.82) is 0 Å². The summed E-state index contributed by atoms with van der Waals surface area (Å²) in [6.07, 6.45) is 4.02. The summed E-state index contributed by atoms with van der Waals surface area (Å²) in [4.78, 5) is 2.26. The van der Waals surface area contributed by atoms with E-state index < -0.39 is 5.60 Å². The van der Waals surface area contributed by atoms with Gasteiger partial charge in [0, 0.05) is 13.2 Å².